The second-order valence-corrected chi connectivity index (χ2v) is 9.43. The third-order valence-electron chi connectivity index (χ3n) is 4.75. The number of sulfonamides is 1. The maximum absolute atomic E-state index is 14.4. The highest BCUT2D eigenvalue weighted by Crippen LogP contribution is 2.32. The molecule has 0 fully saturated rings. The molecule has 0 saturated heterocycles. The van der Waals surface area contributed by atoms with Gasteiger partial charge in [0, 0.05) is 23.7 Å². The molecular formula is C24H17F5N4O3S. The summed E-state index contributed by atoms with van der Waals surface area (Å²) in [5.41, 5.74) is -1.92. The largest absolute Gasteiger partial charge is 0.433 e. The van der Waals surface area contributed by atoms with Crippen LogP contribution < -0.4 is 10.0 Å². The minimum absolute atomic E-state index is 0.0634. The zero-order valence-electron chi connectivity index (χ0n) is 18.9. The summed E-state index contributed by atoms with van der Waals surface area (Å²) in [7, 11) is -3.85. The molecule has 0 radical (unpaired) electrons. The summed E-state index contributed by atoms with van der Waals surface area (Å²) in [6.07, 6.45) is -1.77. The first-order chi connectivity index (χ1) is 17.3. The Morgan fingerprint density at radius 2 is 1.86 bits per heavy atom. The molecule has 0 bridgehead atoms. The standard InChI is InChI=1S/C24H17F5N4O3S/c1-37(35,36)33-23-17(12-30)9-14(10-19(23)26)13-31-21(34)8-6-15-5-7-20(24(27,28)29)32-22(15)16-3-2-4-18(25)11-16/h2-11,33H,13H2,1H3,(H,31,34)/b8-6-. The van der Waals surface area contributed by atoms with Crippen LogP contribution in [0.5, 0.6) is 0 Å². The van der Waals surface area contributed by atoms with Crippen molar-refractivity contribution < 1.29 is 35.2 Å². The first-order valence-electron chi connectivity index (χ1n) is 10.3. The fourth-order valence-corrected chi connectivity index (χ4v) is 3.76. The molecule has 2 N–H and O–H groups in total. The molecule has 0 aliphatic carbocycles. The van der Waals surface area contributed by atoms with Crippen molar-refractivity contribution in [3.8, 4) is 17.3 Å². The molecule has 1 aromatic heterocycles. The van der Waals surface area contributed by atoms with Gasteiger partial charge < -0.3 is 5.32 Å². The lowest BCUT2D eigenvalue weighted by Gasteiger charge is -2.11. The zero-order chi connectivity index (χ0) is 27.4. The quantitative estimate of drug-likeness (QED) is 0.338. The minimum Gasteiger partial charge on any atom is -0.348 e. The van der Waals surface area contributed by atoms with E-state index in [1.807, 2.05) is 4.72 Å². The molecule has 0 aliphatic rings. The van der Waals surface area contributed by atoms with Crippen LogP contribution in [0.3, 0.4) is 0 Å². The van der Waals surface area contributed by atoms with Crippen molar-refractivity contribution >= 4 is 27.7 Å². The van der Waals surface area contributed by atoms with Gasteiger partial charge in [-0.3, -0.25) is 9.52 Å². The molecule has 3 aromatic rings. The Morgan fingerprint density at radius 1 is 1.14 bits per heavy atom. The van der Waals surface area contributed by atoms with E-state index in [4.69, 9.17) is 0 Å². The van der Waals surface area contributed by atoms with Crippen molar-refractivity contribution in [1.82, 2.24) is 10.3 Å². The van der Waals surface area contributed by atoms with Gasteiger partial charge >= 0.3 is 6.18 Å². The van der Waals surface area contributed by atoms with E-state index < -0.39 is 45.1 Å². The van der Waals surface area contributed by atoms with Crippen molar-refractivity contribution in [2.24, 2.45) is 0 Å². The highest BCUT2D eigenvalue weighted by molar-refractivity contribution is 7.92. The van der Waals surface area contributed by atoms with E-state index >= 15 is 0 Å². The van der Waals surface area contributed by atoms with Gasteiger partial charge in [0.1, 0.15) is 29.1 Å². The number of nitrogens with one attached hydrogen (secondary N) is 2. The van der Waals surface area contributed by atoms with Crippen LogP contribution in [0.15, 0.2) is 54.6 Å². The van der Waals surface area contributed by atoms with Crippen LogP contribution in [0.2, 0.25) is 0 Å². The summed E-state index contributed by atoms with van der Waals surface area (Å²) < 4.78 is 92.2. The van der Waals surface area contributed by atoms with Gasteiger partial charge in [0.05, 0.1) is 17.5 Å². The molecule has 1 heterocycles. The van der Waals surface area contributed by atoms with E-state index in [1.165, 1.54) is 24.3 Å². The summed E-state index contributed by atoms with van der Waals surface area (Å²) in [4.78, 5) is 15.9. The molecule has 0 saturated carbocycles. The number of nitriles is 1. The van der Waals surface area contributed by atoms with Gasteiger partial charge in [0.15, 0.2) is 0 Å². The molecule has 2 aromatic carbocycles. The average molecular weight is 536 g/mol. The Balaban J connectivity index is 1.82. The number of halogens is 5. The SMILES string of the molecule is CS(=O)(=O)Nc1c(F)cc(CNC(=O)/C=C\c2ccc(C(F)(F)F)nc2-c2cccc(F)c2)cc1C#N. The predicted octanol–water partition coefficient (Wildman–Crippen LogP) is 4.62. The van der Waals surface area contributed by atoms with Crippen LogP contribution >= 0.6 is 0 Å². The van der Waals surface area contributed by atoms with E-state index in [2.05, 4.69) is 10.3 Å². The minimum atomic E-state index is -4.74. The lowest BCUT2D eigenvalue weighted by molar-refractivity contribution is -0.141. The Hall–Kier alpha value is -4.31. The monoisotopic (exact) mass is 536 g/mol. The molecule has 7 nitrogen and oxygen atoms in total. The second-order valence-electron chi connectivity index (χ2n) is 7.68. The maximum atomic E-state index is 14.4. The highest BCUT2D eigenvalue weighted by atomic mass is 32.2. The van der Waals surface area contributed by atoms with Gasteiger partial charge in [-0.2, -0.15) is 18.4 Å². The van der Waals surface area contributed by atoms with E-state index in [1.54, 1.807) is 6.07 Å². The van der Waals surface area contributed by atoms with E-state index in [0.29, 0.717) is 0 Å². The Kier molecular flexibility index (Phi) is 7.93. The fraction of sp³-hybridized carbons (Fsp3) is 0.125. The van der Waals surface area contributed by atoms with Crippen LogP contribution in [0.1, 0.15) is 22.4 Å². The summed E-state index contributed by atoms with van der Waals surface area (Å²) in [5, 5.41) is 11.6. The number of pyridine rings is 1. The first-order valence-corrected chi connectivity index (χ1v) is 12.2. The molecule has 192 valence electrons. The summed E-state index contributed by atoms with van der Waals surface area (Å²) in [5.74, 6) is -2.44. The Bertz CT molecular complexity index is 1530. The number of carbonyl (C=O) groups excluding carboxylic acids is 1. The topological polar surface area (TPSA) is 112 Å². The van der Waals surface area contributed by atoms with Gasteiger partial charge in [-0.1, -0.05) is 18.2 Å². The van der Waals surface area contributed by atoms with Crippen molar-refractivity contribution in [2.45, 2.75) is 12.7 Å². The molecule has 13 heteroatoms. The molecular weight excluding hydrogens is 519 g/mol. The summed E-state index contributed by atoms with van der Waals surface area (Å²) in [6, 6.07) is 10.4. The number of alkyl halides is 3. The van der Waals surface area contributed by atoms with Gasteiger partial charge in [0.25, 0.3) is 0 Å². The first kappa shape index (κ1) is 27.3. The summed E-state index contributed by atoms with van der Waals surface area (Å²) >= 11 is 0. The average Bonchev–Trinajstić information content (AvgIpc) is 2.81. The van der Waals surface area contributed by atoms with E-state index in [-0.39, 0.29) is 34.5 Å². The van der Waals surface area contributed by atoms with Gasteiger partial charge in [-0.25, -0.2) is 22.2 Å². The molecule has 1 amide bonds. The van der Waals surface area contributed by atoms with Gasteiger partial charge in [-0.15, -0.1) is 0 Å². The number of hydrogen-bond donors (Lipinski definition) is 2. The molecule has 0 atom stereocenters. The summed E-state index contributed by atoms with van der Waals surface area (Å²) in [6.45, 7) is -0.254. The predicted molar refractivity (Wildman–Crippen MR) is 125 cm³/mol. The molecule has 0 aliphatic heterocycles. The van der Waals surface area contributed by atoms with E-state index in [9.17, 15) is 40.4 Å². The number of carbonyl (C=O) groups is 1. The highest BCUT2D eigenvalue weighted by Gasteiger charge is 2.33. The van der Waals surface area contributed by atoms with Crippen molar-refractivity contribution in [1.29, 1.82) is 5.26 Å². The number of anilines is 1. The zero-order valence-corrected chi connectivity index (χ0v) is 19.7. The van der Waals surface area contributed by atoms with Crippen molar-refractivity contribution in [2.75, 3.05) is 11.0 Å². The van der Waals surface area contributed by atoms with Crippen LogP contribution in [-0.4, -0.2) is 25.6 Å². The maximum Gasteiger partial charge on any atom is 0.433 e. The fourth-order valence-electron chi connectivity index (χ4n) is 3.19. The molecule has 0 unspecified atom stereocenters. The number of nitrogens with zero attached hydrogens (tertiary/aromatic N) is 2. The lowest BCUT2D eigenvalue weighted by Crippen LogP contribution is -2.21. The number of aromatic nitrogens is 1. The number of hydrogen-bond acceptors (Lipinski definition) is 5. The van der Waals surface area contributed by atoms with E-state index in [0.717, 1.165) is 42.7 Å². The Labute approximate surface area is 208 Å². The smallest absolute Gasteiger partial charge is 0.348 e. The number of rotatable bonds is 7. The number of benzene rings is 2. The molecule has 3 rings (SSSR count). The second kappa shape index (κ2) is 10.8. The van der Waals surface area contributed by atoms with Crippen LogP contribution in [0.4, 0.5) is 27.6 Å². The molecule has 0 spiro atoms. The van der Waals surface area contributed by atoms with Crippen LogP contribution in [0.25, 0.3) is 17.3 Å². The van der Waals surface area contributed by atoms with Crippen LogP contribution in [0, 0.1) is 23.0 Å². The third kappa shape index (κ3) is 7.34. The van der Waals surface area contributed by atoms with Gasteiger partial charge in [0.2, 0.25) is 15.9 Å². The van der Waals surface area contributed by atoms with Gasteiger partial charge in [-0.05, 0) is 42.0 Å². The van der Waals surface area contributed by atoms with Crippen molar-refractivity contribution in [3.63, 3.8) is 0 Å². The Morgan fingerprint density at radius 3 is 2.49 bits per heavy atom. The normalized spacial score (nSPS) is 11.8. The van der Waals surface area contributed by atoms with Crippen LogP contribution in [-0.2, 0) is 27.5 Å². The molecule has 37 heavy (non-hydrogen) atoms. The lowest BCUT2D eigenvalue weighted by atomic mass is 10.0. The number of amides is 1. The third-order valence-corrected chi connectivity index (χ3v) is 5.33. The van der Waals surface area contributed by atoms with Crippen molar-refractivity contribution in [3.05, 3.63) is 88.6 Å².